The number of rotatable bonds is 6. The number of hydrogen-bond donors (Lipinski definition) is 1. The van der Waals surface area contributed by atoms with Crippen molar-refractivity contribution in [1.29, 1.82) is 0 Å². The van der Waals surface area contributed by atoms with E-state index < -0.39 is 43.8 Å². The van der Waals surface area contributed by atoms with Crippen molar-refractivity contribution in [2.75, 3.05) is 12.9 Å². The Kier molecular flexibility index (Phi) is 5.73. The molecule has 1 aliphatic carbocycles. The Hall–Kier alpha value is -2.49. The molecule has 10 heteroatoms. The van der Waals surface area contributed by atoms with Gasteiger partial charge in [-0.2, -0.15) is 0 Å². The topological polar surface area (TPSA) is 133 Å². The lowest BCUT2D eigenvalue weighted by Gasteiger charge is -2.12. The van der Waals surface area contributed by atoms with Gasteiger partial charge in [-0.05, 0) is 25.0 Å². The number of carbonyl (C=O) groups is 2. The molecule has 136 valence electrons. The average molecular weight is 370 g/mol. The number of esters is 1. The van der Waals surface area contributed by atoms with E-state index in [2.05, 4.69) is 5.32 Å². The molecule has 0 saturated heterocycles. The third-order valence-electron chi connectivity index (χ3n) is 3.85. The van der Waals surface area contributed by atoms with Crippen molar-refractivity contribution >= 4 is 27.4 Å². The van der Waals surface area contributed by atoms with E-state index in [-0.39, 0.29) is 11.6 Å². The van der Waals surface area contributed by atoms with E-state index in [9.17, 15) is 28.1 Å². The molecule has 1 aromatic carbocycles. The summed E-state index contributed by atoms with van der Waals surface area (Å²) >= 11 is 0. The summed E-state index contributed by atoms with van der Waals surface area (Å²) in [6.45, 7) is -0.503. The standard InChI is InChI=1S/C15H18N2O7S/c1-25(22,23)13-7-6-10(8-12(13)17(20)21)15(19)24-9-14(18)16-11-4-2-3-5-11/h6-8,11H,2-5,9H2,1H3,(H,16,18). The quantitative estimate of drug-likeness (QED) is 0.452. The van der Waals surface area contributed by atoms with E-state index in [1.54, 1.807) is 0 Å². The molecule has 0 radical (unpaired) electrons. The molecule has 0 aliphatic heterocycles. The van der Waals surface area contributed by atoms with Gasteiger partial charge in [-0.1, -0.05) is 12.8 Å². The van der Waals surface area contributed by atoms with Gasteiger partial charge in [-0.25, -0.2) is 13.2 Å². The van der Waals surface area contributed by atoms with Crippen LogP contribution in [0.5, 0.6) is 0 Å². The summed E-state index contributed by atoms with van der Waals surface area (Å²) in [5.41, 5.74) is -0.917. The lowest BCUT2D eigenvalue weighted by atomic mass is 10.2. The Bertz CT molecular complexity index is 798. The number of benzene rings is 1. The van der Waals surface area contributed by atoms with Gasteiger partial charge in [0.1, 0.15) is 4.90 Å². The molecule has 1 amide bonds. The molecule has 0 atom stereocenters. The van der Waals surface area contributed by atoms with E-state index in [0.29, 0.717) is 0 Å². The number of nitro benzene ring substituents is 1. The highest BCUT2D eigenvalue weighted by atomic mass is 32.2. The molecular weight excluding hydrogens is 352 g/mol. The maximum atomic E-state index is 11.9. The SMILES string of the molecule is CS(=O)(=O)c1ccc(C(=O)OCC(=O)NC2CCCC2)cc1[N+](=O)[O-]. The maximum Gasteiger partial charge on any atom is 0.338 e. The molecule has 0 bridgehead atoms. The lowest BCUT2D eigenvalue weighted by molar-refractivity contribution is -0.387. The highest BCUT2D eigenvalue weighted by molar-refractivity contribution is 7.90. The van der Waals surface area contributed by atoms with Crippen LogP contribution in [0.3, 0.4) is 0 Å². The van der Waals surface area contributed by atoms with Gasteiger partial charge < -0.3 is 10.1 Å². The van der Waals surface area contributed by atoms with Crippen molar-refractivity contribution in [3.63, 3.8) is 0 Å². The third kappa shape index (κ3) is 4.99. The van der Waals surface area contributed by atoms with Gasteiger partial charge in [-0.15, -0.1) is 0 Å². The zero-order valence-electron chi connectivity index (χ0n) is 13.6. The van der Waals surface area contributed by atoms with Gasteiger partial charge in [0.25, 0.3) is 11.6 Å². The molecule has 1 aliphatic rings. The summed E-state index contributed by atoms with van der Waals surface area (Å²) in [6.07, 6.45) is 4.69. The van der Waals surface area contributed by atoms with Crippen LogP contribution in [0.25, 0.3) is 0 Å². The van der Waals surface area contributed by atoms with Crippen molar-refractivity contribution in [3.05, 3.63) is 33.9 Å². The van der Waals surface area contributed by atoms with E-state index in [4.69, 9.17) is 4.74 Å². The molecule has 9 nitrogen and oxygen atoms in total. The minimum Gasteiger partial charge on any atom is -0.452 e. The zero-order valence-corrected chi connectivity index (χ0v) is 14.4. The zero-order chi connectivity index (χ0) is 18.6. The second-order valence-corrected chi connectivity index (χ2v) is 7.82. The van der Waals surface area contributed by atoms with Gasteiger partial charge in [0, 0.05) is 18.4 Å². The fraction of sp³-hybridized carbons (Fsp3) is 0.467. The van der Waals surface area contributed by atoms with Gasteiger partial charge in [0.15, 0.2) is 16.4 Å². The normalized spacial score (nSPS) is 14.9. The molecule has 1 N–H and O–H groups in total. The van der Waals surface area contributed by atoms with Crippen LogP contribution >= 0.6 is 0 Å². The van der Waals surface area contributed by atoms with Crippen LogP contribution in [0.4, 0.5) is 5.69 Å². The average Bonchev–Trinajstić information content (AvgIpc) is 3.04. The summed E-state index contributed by atoms with van der Waals surface area (Å²) in [5, 5.41) is 13.8. The smallest absolute Gasteiger partial charge is 0.338 e. The van der Waals surface area contributed by atoms with E-state index in [1.807, 2.05) is 0 Å². The van der Waals surface area contributed by atoms with Gasteiger partial charge >= 0.3 is 5.97 Å². The van der Waals surface area contributed by atoms with Crippen LogP contribution in [-0.2, 0) is 19.4 Å². The molecule has 25 heavy (non-hydrogen) atoms. The minimum absolute atomic E-state index is 0.0846. The molecule has 0 heterocycles. The Morgan fingerprint density at radius 3 is 2.52 bits per heavy atom. The Morgan fingerprint density at radius 2 is 1.96 bits per heavy atom. The molecular formula is C15H18N2O7S. The van der Waals surface area contributed by atoms with Crippen molar-refractivity contribution in [1.82, 2.24) is 5.32 Å². The number of amides is 1. The van der Waals surface area contributed by atoms with Crippen LogP contribution in [0, 0.1) is 10.1 Å². The van der Waals surface area contributed by atoms with Crippen LogP contribution in [0.1, 0.15) is 36.0 Å². The summed E-state index contributed by atoms with van der Waals surface area (Å²) in [4.78, 5) is 33.3. The summed E-state index contributed by atoms with van der Waals surface area (Å²) in [5.74, 6) is -1.38. The Morgan fingerprint density at radius 1 is 1.32 bits per heavy atom. The van der Waals surface area contributed by atoms with Gasteiger partial charge in [-0.3, -0.25) is 14.9 Å². The number of sulfone groups is 1. The molecule has 1 aromatic rings. The summed E-state index contributed by atoms with van der Waals surface area (Å²) in [6, 6.07) is 3.00. The third-order valence-corrected chi connectivity index (χ3v) is 4.99. The van der Waals surface area contributed by atoms with Crippen molar-refractivity contribution < 1.29 is 27.7 Å². The minimum atomic E-state index is -3.82. The first kappa shape index (κ1) is 18.8. The monoisotopic (exact) mass is 370 g/mol. The van der Waals surface area contributed by atoms with E-state index >= 15 is 0 Å². The number of ether oxygens (including phenoxy) is 1. The van der Waals surface area contributed by atoms with E-state index in [0.717, 1.165) is 50.1 Å². The fourth-order valence-electron chi connectivity index (χ4n) is 2.65. The van der Waals surface area contributed by atoms with Crippen molar-refractivity contribution in [3.8, 4) is 0 Å². The van der Waals surface area contributed by atoms with Crippen LogP contribution in [0.15, 0.2) is 23.1 Å². The first-order valence-corrected chi connectivity index (χ1v) is 9.52. The molecule has 0 unspecified atom stereocenters. The van der Waals surface area contributed by atoms with E-state index in [1.165, 1.54) is 0 Å². The molecule has 0 aromatic heterocycles. The lowest BCUT2D eigenvalue weighted by Crippen LogP contribution is -2.35. The first-order valence-electron chi connectivity index (χ1n) is 7.63. The van der Waals surface area contributed by atoms with Crippen LogP contribution in [-0.4, -0.2) is 44.1 Å². The number of nitrogens with zero attached hydrogens (tertiary/aromatic N) is 1. The highest BCUT2D eigenvalue weighted by Crippen LogP contribution is 2.25. The van der Waals surface area contributed by atoms with Gasteiger partial charge in [0.05, 0.1) is 10.5 Å². The highest BCUT2D eigenvalue weighted by Gasteiger charge is 2.25. The molecule has 0 spiro atoms. The summed E-state index contributed by atoms with van der Waals surface area (Å²) < 4.78 is 27.9. The molecule has 2 rings (SSSR count). The predicted molar refractivity (Wildman–Crippen MR) is 86.9 cm³/mol. The van der Waals surface area contributed by atoms with Crippen molar-refractivity contribution in [2.24, 2.45) is 0 Å². The fourth-order valence-corrected chi connectivity index (χ4v) is 3.48. The second-order valence-electron chi connectivity index (χ2n) is 5.84. The number of nitro groups is 1. The first-order chi connectivity index (χ1) is 11.7. The summed E-state index contributed by atoms with van der Waals surface area (Å²) in [7, 11) is -3.82. The molecule has 1 fully saturated rings. The predicted octanol–water partition coefficient (Wildman–Crippen LogP) is 1.21. The second kappa shape index (κ2) is 7.60. The number of carbonyl (C=O) groups excluding carboxylic acids is 2. The van der Waals surface area contributed by atoms with Crippen molar-refractivity contribution in [2.45, 2.75) is 36.6 Å². The van der Waals surface area contributed by atoms with Crippen LogP contribution < -0.4 is 5.32 Å². The van der Waals surface area contributed by atoms with Crippen LogP contribution in [0.2, 0.25) is 0 Å². The maximum absolute atomic E-state index is 11.9. The Balaban J connectivity index is 2.05. The Labute approximate surface area is 144 Å². The number of nitrogens with one attached hydrogen (secondary N) is 1. The van der Waals surface area contributed by atoms with Gasteiger partial charge in [0.2, 0.25) is 0 Å². The molecule has 1 saturated carbocycles. The number of hydrogen-bond acceptors (Lipinski definition) is 7. The largest absolute Gasteiger partial charge is 0.452 e.